The van der Waals surface area contributed by atoms with Crippen LogP contribution >= 0.6 is 11.3 Å². The fraction of sp³-hybridized carbons (Fsp3) is 0.722. The number of hydrogen-bond acceptors (Lipinski definition) is 5. The summed E-state index contributed by atoms with van der Waals surface area (Å²) in [6, 6.07) is 0. The molecule has 0 atom stereocenters. The SMILES string of the molecule is Cc1csc(=O)n1CC(=O)OCC(=O)C12CC3CC(CC(C3)C1)C2. The van der Waals surface area contributed by atoms with Crippen molar-refractivity contribution in [2.75, 3.05) is 6.61 Å². The van der Waals surface area contributed by atoms with Gasteiger partial charge in [-0.1, -0.05) is 11.3 Å². The van der Waals surface area contributed by atoms with Gasteiger partial charge in [-0.15, -0.1) is 0 Å². The summed E-state index contributed by atoms with van der Waals surface area (Å²) in [5, 5.41) is 1.72. The highest BCUT2D eigenvalue weighted by Gasteiger charge is 2.54. The van der Waals surface area contributed by atoms with Crippen LogP contribution in [0.1, 0.15) is 44.2 Å². The van der Waals surface area contributed by atoms with Gasteiger partial charge in [0, 0.05) is 16.5 Å². The first-order chi connectivity index (χ1) is 11.4. The lowest BCUT2D eigenvalue weighted by atomic mass is 9.48. The quantitative estimate of drug-likeness (QED) is 0.766. The van der Waals surface area contributed by atoms with E-state index < -0.39 is 5.97 Å². The minimum atomic E-state index is -0.503. The van der Waals surface area contributed by atoms with Gasteiger partial charge >= 0.3 is 10.8 Å². The third kappa shape index (κ3) is 2.75. The standard InChI is InChI=1S/C18H23NO4S/c1-11-10-24-17(22)19(11)8-16(21)23-9-15(20)18-5-12-2-13(6-18)4-14(3-12)7-18/h10,12-14H,2-9H2,1H3. The number of carbonyl (C=O) groups is 2. The lowest BCUT2D eigenvalue weighted by molar-refractivity contribution is -0.158. The number of nitrogens with zero attached hydrogens (tertiary/aromatic N) is 1. The predicted octanol–water partition coefficient (Wildman–Crippen LogP) is 2.55. The van der Waals surface area contributed by atoms with Crippen LogP contribution in [0.4, 0.5) is 0 Å². The molecule has 0 aromatic carbocycles. The summed E-state index contributed by atoms with van der Waals surface area (Å²) in [6.07, 6.45) is 6.81. The molecule has 0 spiro atoms. The molecule has 0 amide bonds. The number of carbonyl (C=O) groups excluding carboxylic acids is 2. The van der Waals surface area contributed by atoms with Gasteiger partial charge in [-0.25, -0.2) is 0 Å². The van der Waals surface area contributed by atoms with Crippen LogP contribution in [0, 0.1) is 30.1 Å². The molecule has 1 aromatic rings. The Bertz CT molecular complexity index is 696. The van der Waals surface area contributed by atoms with E-state index in [-0.39, 0.29) is 29.2 Å². The highest BCUT2D eigenvalue weighted by molar-refractivity contribution is 7.07. The molecular weight excluding hydrogens is 326 g/mol. The van der Waals surface area contributed by atoms with Gasteiger partial charge in [-0.2, -0.15) is 0 Å². The van der Waals surface area contributed by atoms with Gasteiger partial charge < -0.3 is 4.74 Å². The van der Waals surface area contributed by atoms with Crippen LogP contribution in [-0.4, -0.2) is 22.9 Å². The number of thiazole rings is 1. The van der Waals surface area contributed by atoms with Crippen LogP contribution in [-0.2, 0) is 20.9 Å². The number of esters is 1. The summed E-state index contributed by atoms with van der Waals surface area (Å²) in [6.45, 7) is 1.54. The molecule has 0 N–H and O–H groups in total. The van der Waals surface area contributed by atoms with Crippen LogP contribution in [0.15, 0.2) is 10.2 Å². The van der Waals surface area contributed by atoms with Crippen molar-refractivity contribution in [2.24, 2.45) is 23.2 Å². The molecule has 5 nitrogen and oxygen atoms in total. The van der Waals surface area contributed by atoms with E-state index in [1.54, 1.807) is 12.3 Å². The van der Waals surface area contributed by atoms with Crippen molar-refractivity contribution in [2.45, 2.75) is 52.0 Å². The van der Waals surface area contributed by atoms with Crippen LogP contribution in [0.3, 0.4) is 0 Å². The van der Waals surface area contributed by atoms with Gasteiger partial charge in [0.2, 0.25) is 0 Å². The number of Topliss-reactive ketones (excluding diaryl/α,β-unsaturated/α-hetero) is 1. The molecule has 130 valence electrons. The Morgan fingerprint density at radius 3 is 2.29 bits per heavy atom. The van der Waals surface area contributed by atoms with E-state index >= 15 is 0 Å². The van der Waals surface area contributed by atoms with E-state index in [4.69, 9.17) is 4.74 Å². The lowest BCUT2D eigenvalue weighted by Gasteiger charge is -2.55. The molecule has 0 saturated heterocycles. The Labute approximate surface area is 145 Å². The number of ketones is 1. The summed E-state index contributed by atoms with van der Waals surface area (Å²) >= 11 is 1.07. The Morgan fingerprint density at radius 2 is 1.79 bits per heavy atom. The monoisotopic (exact) mass is 349 g/mol. The molecule has 4 fully saturated rings. The summed E-state index contributed by atoms with van der Waals surface area (Å²) in [5.41, 5.74) is 0.513. The molecule has 0 radical (unpaired) electrons. The van der Waals surface area contributed by atoms with Crippen LogP contribution < -0.4 is 4.87 Å². The van der Waals surface area contributed by atoms with Crippen molar-refractivity contribution >= 4 is 23.1 Å². The zero-order valence-electron chi connectivity index (χ0n) is 14.0. The summed E-state index contributed by atoms with van der Waals surface area (Å²) in [4.78, 5) is 36.3. The summed E-state index contributed by atoms with van der Waals surface area (Å²) in [7, 11) is 0. The molecule has 6 heteroatoms. The number of rotatable bonds is 5. The number of aromatic nitrogens is 1. The highest BCUT2D eigenvalue weighted by Crippen LogP contribution is 2.60. The Balaban J connectivity index is 1.37. The van der Waals surface area contributed by atoms with Crippen molar-refractivity contribution in [3.63, 3.8) is 0 Å². The highest BCUT2D eigenvalue weighted by atomic mass is 32.1. The Morgan fingerprint density at radius 1 is 1.21 bits per heavy atom. The summed E-state index contributed by atoms with van der Waals surface area (Å²) in [5.74, 6) is 1.69. The van der Waals surface area contributed by atoms with Gasteiger partial charge in [0.1, 0.15) is 6.54 Å². The molecule has 5 rings (SSSR count). The molecule has 1 aromatic heterocycles. The maximum absolute atomic E-state index is 12.8. The van der Waals surface area contributed by atoms with Crippen molar-refractivity contribution in [1.29, 1.82) is 0 Å². The zero-order valence-corrected chi connectivity index (χ0v) is 14.8. The van der Waals surface area contributed by atoms with Gasteiger partial charge in [0.05, 0.1) is 0 Å². The third-order valence-corrected chi connectivity index (χ3v) is 7.14. The fourth-order valence-electron chi connectivity index (χ4n) is 5.52. The largest absolute Gasteiger partial charge is 0.456 e. The maximum atomic E-state index is 12.8. The first kappa shape index (κ1) is 16.1. The number of hydrogen-bond donors (Lipinski definition) is 0. The smallest absolute Gasteiger partial charge is 0.326 e. The second kappa shape index (κ2) is 5.83. The molecule has 24 heavy (non-hydrogen) atoms. The third-order valence-electron chi connectivity index (χ3n) is 6.26. The molecule has 4 aliphatic rings. The number of aryl methyl sites for hydroxylation is 1. The average Bonchev–Trinajstić information content (AvgIpc) is 2.83. The van der Waals surface area contributed by atoms with E-state index in [9.17, 15) is 14.4 Å². The number of ether oxygens (including phenoxy) is 1. The van der Waals surface area contributed by atoms with Crippen LogP contribution in [0.2, 0.25) is 0 Å². The summed E-state index contributed by atoms with van der Waals surface area (Å²) < 4.78 is 6.62. The fourth-order valence-corrected chi connectivity index (χ4v) is 6.26. The van der Waals surface area contributed by atoms with E-state index in [0.717, 1.165) is 36.3 Å². The molecule has 4 aliphatic carbocycles. The van der Waals surface area contributed by atoms with Crippen molar-refractivity contribution < 1.29 is 14.3 Å². The first-order valence-corrected chi connectivity index (χ1v) is 9.67. The van der Waals surface area contributed by atoms with Crippen molar-refractivity contribution in [3.05, 3.63) is 20.7 Å². The molecule has 0 aliphatic heterocycles. The molecule has 4 saturated carbocycles. The lowest BCUT2D eigenvalue weighted by Crippen LogP contribution is -2.51. The van der Waals surface area contributed by atoms with Gasteiger partial charge in [-0.05, 0) is 63.2 Å². The van der Waals surface area contributed by atoms with Crippen molar-refractivity contribution in [1.82, 2.24) is 4.57 Å². The minimum Gasteiger partial charge on any atom is -0.456 e. The van der Waals surface area contributed by atoms with Gasteiger partial charge in [0.15, 0.2) is 12.4 Å². The molecule has 1 heterocycles. The molecule has 4 bridgehead atoms. The van der Waals surface area contributed by atoms with Crippen LogP contribution in [0.5, 0.6) is 0 Å². The minimum absolute atomic E-state index is 0.101. The van der Waals surface area contributed by atoms with E-state index in [2.05, 4.69) is 0 Å². The van der Waals surface area contributed by atoms with Gasteiger partial charge in [-0.3, -0.25) is 19.0 Å². The molecule has 0 unspecified atom stereocenters. The first-order valence-electron chi connectivity index (χ1n) is 8.79. The Kier molecular flexibility index (Phi) is 3.90. The van der Waals surface area contributed by atoms with E-state index in [1.807, 2.05) is 0 Å². The van der Waals surface area contributed by atoms with E-state index in [0.29, 0.717) is 17.8 Å². The predicted molar refractivity (Wildman–Crippen MR) is 89.9 cm³/mol. The second-order valence-corrected chi connectivity index (χ2v) is 8.83. The molecular formula is C18H23NO4S. The topological polar surface area (TPSA) is 65.4 Å². The maximum Gasteiger partial charge on any atom is 0.326 e. The second-order valence-electron chi connectivity index (χ2n) is 8.01. The van der Waals surface area contributed by atoms with Gasteiger partial charge in [0.25, 0.3) is 0 Å². The average molecular weight is 349 g/mol. The van der Waals surface area contributed by atoms with Crippen LogP contribution in [0.25, 0.3) is 0 Å². The van der Waals surface area contributed by atoms with Crippen molar-refractivity contribution in [3.8, 4) is 0 Å². The van der Waals surface area contributed by atoms with E-state index in [1.165, 1.54) is 23.8 Å². The Hall–Kier alpha value is -1.43. The normalized spacial score (nSPS) is 33.6. The zero-order chi connectivity index (χ0) is 16.9.